The van der Waals surface area contributed by atoms with Crippen LogP contribution in [-0.4, -0.2) is 15.1 Å². The predicted octanol–water partition coefficient (Wildman–Crippen LogP) is 6.11. The van der Waals surface area contributed by atoms with Gasteiger partial charge in [-0.15, -0.1) is 11.3 Å². The van der Waals surface area contributed by atoms with E-state index in [4.69, 9.17) is 23.2 Å². The molecule has 2 aromatic heterocycles. The second kappa shape index (κ2) is 6.52. The molecular weight excluding hydrogens is 377 g/mol. The summed E-state index contributed by atoms with van der Waals surface area (Å²) in [4.78, 5) is 9.45. The van der Waals surface area contributed by atoms with Crippen LogP contribution in [0.4, 0.5) is 11.5 Å². The van der Waals surface area contributed by atoms with Crippen molar-refractivity contribution in [1.29, 1.82) is 0 Å². The molecule has 0 saturated carbocycles. The zero-order valence-electron chi connectivity index (χ0n) is 12.7. The lowest BCUT2D eigenvalue weighted by Crippen LogP contribution is -1.96. The number of halogens is 2. The maximum Gasteiger partial charge on any atom is 0.225 e. The summed E-state index contributed by atoms with van der Waals surface area (Å²) in [6.45, 7) is 0. The lowest BCUT2D eigenvalue weighted by molar-refractivity contribution is 0.475. The number of hydrogen-bond donors (Lipinski definition) is 2. The van der Waals surface area contributed by atoms with E-state index in [-0.39, 0.29) is 11.0 Å². The molecule has 0 radical (unpaired) electrons. The number of hydrogen-bond acceptors (Lipinski definition) is 5. The Morgan fingerprint density at radius 2 is 1.80 bits per heavy atom. The smallest absolute Gasteiger partial charge is 0.225 e. The van der Waals surface area contributed by atoms with Crippen molar-refractivity contribution in [3.8, 4) is 16.9 Å². The number of phenols is 1. The number of nitrogens with zero attached hydrogens (tertiary/aromatic N) is 2. The fourth-order valence-corrected chi connectivity index (χ4v) is 3.86. The molecule has 0 saturated heterocycles. The largest absolute Gasteiger partial charge is 0.508 e. The van der Waals surface area contributed by atoms with Gasteiger partial charge in [0.25, 0.3) is 0 Å². The number of benzene rings is 2. The van der Waals surface area contributed by atoms with Gasteiger partial charge in [0.15, 0.2) is 0 Å². The summed E-state index contributed by atoms with van der Waals surface area (Å²) < 4.78 is 0. The fourth-order valence-electron chi connectivity index (χ4n) is 2.57. The van der Waals surface area contributed by atoms with Crippen molar-refractivity contribution in [1.82, 2.24) is 9.97 Å². The highest BCUT2D eigenvalue weighted by atomic mass is 35.5. The second-order valence-electron chi connectivity index (χ2n) is 5.35. The Morgan fingerprint density at radius 3 is 2.56 bits per heavy atom. The highest BCUT2D eigenvalue weighted by Crippen LogP contribution is 2.39. The molecule has 0 aliphatic heterocycles. The molecule has 0 bridgehead atoms. The molecule has 4 nitrogen and oxygen atoms in total. The monoisotopic (exact) mass is 387 g/mol. The van der Waals surface area contributed by atoms with Crippen LogP contribution in [0.15, 0.2) is 53.9 Å². The second-order valence-corrected chi connectivity index (χ2v) is 6.99. The molecule has 0 spiro atoms. The predicted molar refractivity (Wildman–Crippen MR) is 104 cm³/mol. The van der Waals surface area contributed by atoms with Crippen LogP contribution in [0, 0.1) is 0 Å². The number of phenolic OH excluding ortho intramolecular Hbond substituents is 1. The summed E-state index contributed by atoms with van der Waals surface area (Å²) in [5.74, 6) is 0.761. The Labute approximate surface area is 157 Å². The number of thiophene rings is 1. The molecule has 2 N–H and O–H groups in total. The minimum Gasteiger partial charge on any atom is -0.508 e. The molecular formula is C18H11Cl2N3OS. The van der Waals surface area contributed by atoms with Gasteiger partial charge in [0.1, 0.15) is 16.4 Å². The lowest BCUT2D eigenvalue weighted by Gasteiger charge is -2.09. The minimum atomic E-state index is 0.166. The van der Waals surface area contributed by atoms with Crippen LogP contribution in [0.1, 0.15) is 0 Å². The first kappa shape index (κ1) is 16.1. The summed E-state index contributed by atoms with van der Waals surface area (Å²) in [6.07, 6.45) is 0. The normalized spacial score (nSPS) is 11.0. The average molecular weight is 388 g/mol. The van der Waals surface area contributed by atoms with Crippen LogP contribution in [0.5, 0.6) is 5.75 Å². The average Bonchev–Trinajstić information content (AvgIpc) is 2.99. The molecule has 25 heavy (non-hydrogen) atoms. The number of anilines is 2. The van der Waals surface area contributed by atoms with Crippen molar-refractivity contribution in [3.05, 3.63) is 64.2 Å². The first-order valence-corrected chi connectivity index (χ1v) is 9.00. The van der Waals surface area contributed by atoms with Crippen LogP contribution in [0.25, 0.3) is 21.3 Å². The van der Waals surface area contributed by atoms with Gasteiger partial charge in [-0.25, -0.2) is 4.98 Å². The Balaban J connectivity index is 1.88. The zero-order chi connectivity index (χ0) is 17.4. The van der Waals surface area contributed by atoms with E-state index in [0.29, 0.717) is 16.5 Å². The summed E-state index contributed by atoms with van der Waals surface area (Å²) in [5.41, 5.74) is 2.72. The first-order valence-electron chi connectivity index (χ1n) is 7.37. The molecule has 0 fully saturated rings. The molecule has 0 unspecified atom stereocenters. The quantitative estimate of drug-likeness (QED) is 0.416. The molecule has 2 heterocycles. The van der Waals surface area contributed by atoms with Crippen molar-refractivity contribution >= 4 is 56.3 Å². The van der Waals surface area contributed by atoms with Crippen LogP contribution in [-0.2, 0) is 0 Å². The SMILES string of the molecule is Oc1cccc(Nc2nc(Cl)nc3scc(-c4ccc(Cl)cc4)c23)c1. The molecule has 0 atom stereocenters. The van der Waals surface area contributed by atoms with E-state index in [1.807, 2.05) is 35.7 Å². The number of nitrogens with one attached hydrogen (secondary N) is 1. The van der Waals surface area contributed by atoms with E-state index in [2.05, 4.69) is 15.3 Å². The third-order valence-electron chi connectivity index (χ3n) is 3.67. The Bertz CT molecular complexity index is 1060. The minimum absolute atomic E-state index is 0.166. The topological polar surface area (TPSA) is 58.0 Å². The molecule has 0 aliphatic rings. The van der Waals surface area contributed by atoms with Gasteiger partial charge in [0.05, 0.1) is 5.39 Å². The van der Waals surface area contributed by atoms with Crippen molar-refractivity contribution in [3.63, 3.8) is 0 Å². The van der Waals surface area contributed by atoms with E-state index in [9.17, 15) is 5.11 Å². The maximum atomic E-state index is 9.67. The zero-order valence-corrected chi connectivity index (χ0v) is 15.0. The van der Waals surface area contributed by atoms with E-state index in [1.165, 1.54) is 11.3 Å². The lowest BCUT2D eigenvalue weighted by atomic mass is 10.1. The Morgan fingerprint density at radius 1 is 1.00 bits per heavy atom. The van der Waals surface area contributed by atoms with Crippen LogP contribution >= 0.6 is 34.5 Å². The third kappa shape index (κ3) is 3.26. The Kier molecular flexibility index (Phi) is 4.21. The summed E-state index contributed by atoms with van der Waals surface area (Å²) >= 11 is 13.6. The van der Waals surface area contributed by atoms with E-state index in [1.54, 1.807) is 18.2 Å². The first-order chi connectivity index (χ1) is 12.1. The van der Waals surface area contributed by atoms with E-state index >= 15 is 0 Å². The Hall–Kier alpha value is -2.34. The maximum absolute atomic E-state index is 9.67. The van der Waals surface area contributed by atoms with Gasteiger partial charge in [-0.2, -0.15) is 4.98 Å². The molecule has 0 amide bonds. The van der Waals surface area contributed by atoms with Gasteiger partial charge in [-0.05, 0) is 41.4 Å². The van der Waals surface area contributed by atoms with Crippen LogP contribution in [0.2, 0.25) is 10.3 Å². The summed E-state index contributed by atoms with van der Waals surface area (Å²) in [7, 11) is 0. The van der Waals surface area contributed by atoms with Gasteiger partial charge in [-0.1, -0.05) is 29.8 Å². The van der Waals surface area contributed by atoms with Crippen molar-refractivity contribution < 1.29 is 5.11 Å². The summed E-state index contributed by atoms with van der Waals surface area (Å²) in [6, 6.07) is 14.4. The van der Waals surface area contributed by atoms with Gasteiger partial charge < -0.3 is 10.4 Å². The van der Waals surface area contributed by atoms with Crippen molar-refractivity contribution in [2.24, 2.45) is 0 Å². The van der Waals surface area contributed by atoms with Gasteiger partial charge in [0, 0.05) is 27.7 Å². The number of fused-ring (bicyclic) bond motifs is 1. The molecule has 4 rings (SSSR count). The van der Waals surface area contributed by atoms with Crippen molar-refractivity contribution in [2.75, 3.05) is 5.32 Å². The number of rotatable bonds is 3. The number of aromatic nitrogens is 2. The third-order valence-corrected chi connectivity index (χ3v) is 4.96. The molecule has 4 aromatic rings. The van der Waals surface area contributed by atoms with Gasteiger partial charge in [-0.3, -0.25) is 0 Å². The van der Waals surface area contributed by atoms with Gasteiger partial charge in [0.2, 0.25) is 5.28 Å². The van der Waals surface area contributed by atoms with Crippen molar-refractivity contribution in [2.45, 2.75) is 0 Å². The van der Waals surface area contributed by atoms with E-state index < -0.39 is 0 Å². The highest BCUT2D eigenvalue weighted by molar-refractivity contribution is 7.17. The molecule has 0 aliphatic carbocycles. The standard InChI is InChI=1S/C18H11Cl2N3OS/c19-11-6-4-10(5-7-11)14-9-25-17-15(14)16(22-18(20)23-17)21-12-2-1-3-13(24)8-12/h1-9,24H,(H,21,22,23). The van der Waals surface area contributed by atoms with Gasteiger partial charge >= 0.3 is 0 Å². The molecule has 2 aromatic carbocycles. The highest BCUT2D eigenvalue weighted by Gasteiger charge is 2.15. The van der Waals surface area contributed by atoms with Crippen LogP contribution in [0.3, 0.4) is 0 Å². The van der Waals surface area contributed by atoms with Crippen LogP contribution < -0.4 is 5.32 Å². The number of aromatic hydroxyl groups is 1. The summed E-state index contributed by atoms with van der Waals surface area (Å²) in [5, 5.41) is 16.6. The van der Waals surface area contributed by atoms with E-state index in [0.717, 1.165) is 21.3 Å². The molecule has 7 heteroatoms. The molecule has 124 valence electrons. The fraction of sp³-hybridized carbons (Fsp3) is 0.